The second kappa shape index (κ2) is 7.61. The lowest BCUT2D eigenvalue weighted by Crippen LogP contribution is -2.44. The fourth-order valence-corrected chi connectivity index (χ4v) is 3.87. The first-order chi connectivity index (χ1) is 14.7. The van der Waals surface area contributed by atoms with E-state index in [0.717, 1.165) is 54.0 Å². The number of aromatic nitrogens is 3. The Labute approximate surface area is 175 Å². The Balaban J connectivity index is 0.00000231. The molecular formula is C23H24N6O. The molecule has 5 rings (SSSR count). The Morgan fingerprint density at radius 2 is 1.93 bits per heavy atom. The van der Waals surface area contributed by atoms with Gasteiger partial charge in [0, 0.05) is 62.0 Å². The number of nitrogens with two attached hydrogens (primary N) is 1. The van der Waals surface area contributed by atoms with E-state index < -0.39 is 0 Å². The fraction of sp³-hybridized carbons (Fsp3) is 0.174. The zero-order chi connectivity index (χ0) is 20.5. The van der Waals surface area contributed by atoms with Crippen LogP contribution in [0.15, 0.2) is 60.9 Å². The van der Waals surface area contributed by atoms with Gasteiger partial charge in [0.1, 0.15) is 17.3 Å². The Bertz CT molecular complexity index is 1230. The Kier molecular flexibility index (Phi) is 4.65. The number of carbonyl (C=O) groups is 1. The van der Waals surface area contributed by atoms with E-state index in [0.29, 0.717) is 11.3 Å². The summed E-state index contributed by atoms with van der Waals surface area (Å²) in [6.45, 7) is 3.54. The van der Waals surface area contributed by atoms with E-state index in [4.69, 9.17) is 5.73 Å². The molecule has 30 heavy (non-hydrogen) atoms. The molecule has 0 atom stereocenters. The number of para-hydroxylation sites is 1. The average molecular weight is 400 g/mol. The molecule has 1 fully saturated rings. The molecule has 0 radical (unpaired) electrons. The highest BCUT2D eigenvalue weighted by Crippen LogP contribution is 2.30. The van der Waals surface area contributed by atoms with E-state index in [9.17, 15) is 4.79 Å². The number of hydrogen-bond donors (Lipinski definition) is 3. The van der Waals surface area contributed by atoms with Crippen LogP contribution in [0, 0.1) is 0 Å². The van der Waals surface area contributed by atoms with Crippen molar-refractivity contribution >= 4 is 28.3 Å². The standard InChI is InChI=1S/C23H22N6O.H2/c24-23-17(12-15(13-27-23)18-14-26-19-5-2-1-4-16(18)19)22(30)20-6-3-7-21(28-20)29-10-8-25-9-11-29;/h1-7,12-14,25-26H,8-11H2,(H2,24,27);1H. The second-order valence-corrected chi connectivity index (χ2v) is 7.35. The summed E-state index contributed by atoms with van der Waals surface area (Å²) < 4.78 is 0. The normalized spacial score (nSPS) is 14.2. The van der Waals surface area contributed by atoms with Crippen LogP contribution >= 0.6 is 0 Å². The largest absolute Gasteiger partial charge is 0.383 e. The molecule has 0 aliphatic carbocycles. The summed E-state index contributed by atoms with van der Waals surface area (Å²) in [6.07, 6.45) is 3.63. The molecule has 1 aromatic carbocycles. The van der Waals surface area contributed by atoms with Crippen molar-refractivity contribution in [3.63, 3.8) is 0 Å². The van der Waals surface area contributed by atoms with Gasteiger partial charge in [-0.05, 0) is 24.3 Å². The monoisotopic (exact) mass is 400 g/mol. The quantitative estimate of drug-likeness (QED) is 0.455. The highest BCUT2D eigenvalue weighted by Gasteiger charge is 2.19. The van der Waals surface area contributed by atoms with Gasteiger partial charge in [0.05, 0.1) is 5.56 Å². The molecule has 4 heterocycles. The summed E-state index contributed by atoms with van der Waals surface area (Å²) in [5.74, 6) is 0.790. The average Bonchev–Trinajstić information content (AvgIpc) is 3.24. The topological polar surface area (TPSA) is 99.9 Å². The van der Waals surface area contributed by atoms with Crippen molar-refractivity contribution in [3.8, 4) is 11.1 Å². The van der Waals surface area contributed by atoms with Gasteiger partial charge in [-0.3, -0.25) is 4.79 Å². The smallest absolute Gasteiger partial charge is 0.215 e. The van der Waals surface area contributed by atoms with E-state index in [1.165, 1.54) is 0 Å². The minimum absolute atomic E-state index is 0. The van der Waals surface area contributed by atoms with E-state index in [1.807, 2.05) is 42.6 Å². The second-order valence-electron chi connectivity index (χ2n) is 7.35. The number of nitrogens with one attached hydrogen (secondary N) is 2. The molecule has 0 spiro atoms. The molecule has 1 aliphatic heterocycles. The number of aromatic amines is 1. The molecule has 4 aromatic rings. The number of carbonyl (C=O) groups excluding carboxylic acids is 1. The number of hydrogen-bond acceptors (Lipinski definition) is 6. The number of rotatable bonds is 4. The van der Waals surface area contributed by atoms with E-state index in [-0.39, 0.29) is 13.0 Å². The molecule has 0 saturated carbocycles. The number of anilines is 2. The van der Waals surface area contributed by atoms with Crippen molar-refractivity contribution in [1.29, 1.82) is 0 Å². The van der Waals surface area contributed by atoms with Crippen LogP contribution in [0.2, 0.25) is 0 Å². The van der Waals surface area contributed by atoms with E-state index in [1.54, 1.807) is 18.3 Å². The molecule has 0 bridgehead atoms. The van der Waals surface area contributed by atoms with Gasteiger partial charge in [-0.15, -0.1) is 0 Å². The van der Waals surface area contributed by atoms with Crippen molar-refractivity contribution in [3.05, 3.63) is 72.2 Å². The number of benzene rings is 1. The van der Waals surface area contributed by atoms with Crippen LogP contribution in [-0.2, 0) is 0 Å². The maximum Gasteiger partial charge on any atom is 0.215 e. The molecule has 4 N–H and O–H groups in total. The van der Waals surface area contributed by atoms with Crippen LogP contribution in [0.4, 0.5) is 11.6 Å². The summed E-state index contributed by atoms with van der Waals surface area (Å²) in [5, 5.41) is 4.39. The Morgan fingerprint density at radius 3 is 2.80 bits per heavy atom. The molecule has 0 unspecified atom stereocenters. The van der Waals surface area contributed by atoms with Crippen molar-refractivity contribution in [1.82, 2.24) is 20.3 Å². The number of H-pyrrole nitrogens is 1. The predicted octanol–water partition coefficient (Wildman–Crippen LogP) is 3.09. The maximum atomic E-state index is 13.3. The van der Waals surface area contributed by atoms with Crippen LogP contribution in [0.25, 0.3) is 22.0 Å². The zero-order valence-electron chi connectivity index (χ0n) is 16.4. The lowest BCUT2D eigenvalue weighted by atomic mass is 10.0. The van der Waals surface area contributed by atoms with Gasteiger partial charge in [0.25, 0.3) is 0 Å². The number of piperazine rings is 1. The molecule has 7 heteroatoms. The Hall–Kier alpha value is -3.71. The third-order valence-electron chi connectivity index (χ3n) is 5.47. The molecule has 7 nitrogen and oxygen atoms in total. The summed E-state index contributed by atoms with van der Waals surface area (Å²) in [6, 6.07) is 15.4. The lowest BCUT2D eigenvalue weighted by molar-refractivity contribution is 0.103. The summed E-state index contributed by atoms with van der Waals surface area (Å²) in [5.41, 5.74) is 9.67. The van der Waals surface area contributed by atoms with Crippen molar-refractivity contribution in [2.75, 3.05) is 36.8 Å². The first-order valence-electron chi connectivity index (χ1n) is 10.00. The highest BCUT2D eigenvalue weighted by molar-refractivity contribution is 6.11. The summed E-state index contributed by atoms with van der Waals surface area (Å²) in [7, 11) is 0. The van der Waals surface area contributed by atoms with Gasteiger partial charge in [-0.25, -0.2) is 9.97 Å². The Morgan fingerprint density at radius 1 is 1.10 bits per heavy atom. The zero-order valence-corrected chi connectivity index (χ0v) is 16.4. The number of nitrogens with zero attached hydrogens (tertiary/aromatic N) is 3. The van der Waals surface area contributed by atoms with Crippen molar-refractivity contribution in [2.45, 2.75) is 0 Å². The molecule has 1 saturated heterocycles. The van der Waals surface area contributed by atoms with Crippen LogP contribution in [0.3, 0.4) is 0 Å². The van der Waals surface area contributed by atoms with Crippen molar-refractivity contribution in [2.24, 2.45) is 0 Å². The summed E-state index contributed by atoms with van der Waals surface area (Å²) in [4.78, 5) is 27.6. The summed E-state index contributed by atoms with van der Waals surface area (Å²) >= 11 is 0. The minimum Gasteiger partial charge on any atom is -0.383 e. The van der Waals surface area contributed by atoms with Gasteiger partial charge >= 0.3 is 0 Å². The fourth-order valence-electron chi connectivity index (χ4n) is 3.87. The van der Waals surface area contributed by atoms with Gasteiger partial charge < -0.3 is 20.9 Å². The molecule has 0 amide bonds. The van der Waals surface area contributed by atoms with Crippen LogP contribution in [0.5, 0.6) is 0 Å². The van der Waals surface area contributed by atoms with Crippen molar-refractivity contribution < 1.29 is 6.22 Å². The third-order valence-corrected chi connectivity index (χ3v) is 5.47. The lowest BCUT2D eigenvalue weighted by Gasteiger charge is -2.28. The minimum atomic E-state index is -0.223. The van der Waals surface area contributed by atoms with Crippen LogP contribution in [0.1, 0.15) is 17.5 Å². The number of ketones is 1. The highest BCUT2D eigenvalue weighted by atomic mass is 16.1. The first-order valence-corrected chi connectivity index (χ1v) is 10.00. The molecule has 3 aromatic heterocycles. The molecule has 152 valence electrons. The SMILES string of the molecule is Nc1ncc(-c2c[nH]c3ccccc23)cc1C(=O)c1cccc(N2CCNCC2)n1.[HH]. The molecular weight excluding hydrogens is 376 g/mol. The number of nitrogen functional groups attached to an aromatic ring is 1. The third kappa shape index (κ3) is 3.29. The van der Waals surface area contributed by atoms with Gasteiger partial charge in [0.2, 0.25) is 5.78 Å². The van der Waals surface area contributed by atoms with Gasteiger partial charge in [-0.1, -0.05) is 24.3 Å². The molecule has 1 aliphatic rings. The van der Waals surface area contributed by atoms with Gasteiger partial charge in [-0.2, -0.15) is 0 Å². The maximum absolute atomic E-state index is 13.3. The van der Waals surface area contributed by atoms with Crippen LogP contribution in [-0.4, -0.2) is 46.9 Å². The number of fused-ring (bicyclic) bond motifs is 1. The predicted molar refractivity (Wildman–Crippen MR) is 121 cm³/mol. The van der Waals surface area contributed by atoms with Gasteiger partial charge in [0.15, 0.2) is 0 Å². The van der Waals surface area contributed by atoms with E-state index in [2.05, 4.69) is 25.2 Å². The van der Waals surface area contributed by atoms with Crippen LogP contribution < -0.4 is 16.0 Å². The number of pyridine rings is 2. The van der Waals surface area contributed by atoms with E-state index >= 15 is 0 Å². The first kappa shape index (κ1) is 18.3.